The number of hydrogen-bond donors (Lipinski definition) is 1. The van der Waals surface area contributed by atoms with Gasteiger partial charge in [0.2, 0.25) is 0 Å². The van der Waals surface area contributed by atoms with Crippen molar-refractivity contribution in [2.24, 2.45) is 5.92 Å². The van der Waals surface area contributed by atoms with Gasteiger partial charge in [0.25, 0.3) is 5.91 Å². The third kappa shape index (κ3) is 5.51. The minimum Gasteiger partial charge on any atom is -0.479 e. The minimum absolute atomic E-state index is 0.151. The maximum Gasteiger partial charge on any atom is 0.347 e. The molecule has 1 saturated carbocycles. The van der Waals surface area contributed by atoms with Crippen LogP contribution in [0.4, 0.5) is 4.39 Å². The highest BCUT2D eigenvalue weighted by Gasteiger charge is 2.24. The molecule has 0 aliphatic heterocycles. The number of amides is 1. The molecule has 1 fully saturated rings. The summed E-state index contributed by atoms with van der Waals surface area (Å²) in [6.07, 6.45) is 3.49. The summed E-state index contributed by atoms with van der Waals surface area (Å²) in [6.45, 7) is 3.32. The van der Waals surface area contributed by atoms with Gasteiger partial charge < -0.3 is 14.8 Å². The lowest BCUT2D eigenvalue weighted by Crippen LogP contribution is -2.43. The SMILES string of the molecule is C[C@@H](Oc1ccc(F)cc1)C(=O)OCC(=O)N[C@@H]1CCCC[C@@H]1C. The Labute approximate surface area is 141 Å². The second-order valence-electron chi connectivity index (χ2n) is 6.26. The van der Waals surface area contributed by atoms with Gasteiger partial charge in [-0.25, -0.2) is 9.18 Å². The number of nitrogens with one attached hydrogen (secondary N) is 1. The van der Waals surface area contributed by atoms with Gasteiger partial charge >= 0.3 is 5.97 Å². The van der Waals surface area contributed by atoms with Crippen molar-refractivity contribution in [2.45, 2.75) is 51.7 Å². The minimum atomic E-state index is -0.878. The van der Waals surface area contributed by atoms with E-state index in [9.17, 15) is 14.0 Å². The first-order valence-electron chi connectivity index (χ1n) is 8.34. The first-order chi connectivity index (χ1) is 11.5. The molecule has 0 heterocycles. The molecule has 1 N–H and O–H groups in total. The van der Waals surface area contributed by atoms with Gasteiger partial charge in [0.1, 0.15) is 11.6 Å². The van der Waals surface area contributed by atoms with Gasteiger partial charge in [-0.1, -0.05) is 19.8 Å². The van der Waals surface area contributed by atoms with Crippen LogP contribution in [0.3, 0.4) is 0 Å². The molecule has 0 unspecified atom stereocenters. The van der Waals surface area contributed by atoms with Gasteiger partial charge in [0.15, 0.2) is 12.7 Å². The summed E-state index contributed by atoms with van der Waals surface area (Å²) < 4.78 is 23.2. The number of hydrogen-bond acceptors (Lipinski definition) is 4. The zero-order valence-electron chi connectivity index (χ0n) is 14.1. The van der Waals surface area contributed by atoms with Crippen molar-refractivity contribution >= 4 is 11.9 Å². The van der Waals surface area contributed by atoms with E-state index < -0.39 is 12.1 Å². The number of rotatable bonds is 6. The molecule has 0 aromatic heterocycles. The highest BCUT2D eigenvalue weighted by Crippen LogP contribution is 2.23. The van der Waals surface area contributed by atoms with Crippen LogP contribution in [0.2, 0.25) is 0 Å². The Balaban J connectivity index is 1.73. The highest BCUT2D eigenvalue weighted by molar-refractivity contribution is 5.82. The van der Waals surface area contributed by atoms with Crippen molar-refractivity contribution in [3.8, 4) is 5.75 Å². The van der Waals surface area contributed by atoms with E-state index in [2.05, 4.69) is 12.2 Å². The number of ether oxygens (including phenoxy) is 2. The molecule has 0 spiro atoms. The van der Waals surface area contributed by atoms with Gasteiger partial charge in [-0.05, 0) is 49.9 Å². The van der Waals surface area contributed by atoms with Crippen LogP contribution in [0.15, 0.2) is 24.3 Å². The standard InChI is InChI=1S/C18H24FNO4/c1-12-5-3-4-6-16(12)20-17(21)11-23-18(22)13(2)24-15-9-7-14(19)8-10-15/h7-10,12-13,16H,3-6,11H2,1-2H3,(H,20,21)/t12-,13+,16+/m0/s1. The molecule has 6 heteroatoms. The zero-order chi connectivity index (χ0) is 17.5. The van der Waals surface area contributed by atoms with E-state index in [1.165, 1.54) is 37.6 Å². The molecular formula is C18H24FNO4. The third-order valence-corrected chi connectivity index (χ3v) is 4.26. The molecule has 1 aromatic rings. The van der Waals surface area contributed by atoms with Crippen LogP contribution >= 0.6 is 0 Å². The van der Waals surface area contributed by atoms with E-state index >= 15 is 0 Å². The number of carbonyl (C=O) groups excluding carboxylic acids is 2. The molecule has 1 amide bonds. The van der Waals surface area contributed by atoms with Crippen molar-refractivity contribution in [1.82, 2.24) is 5.32 Å². The van der Waals surface area contributed by atoms with Crippen LogP contribution in [0.5, 0.6) is 5.75 Å². The van der Waals surface area contributed by atoms with Gasteiger partial charge in [0, 0.05) is 6.04 Å². The zero-order valence-corrected chi connectivity index (χ0v) is 14.1. The Hall–Kier alpha value is -2.11. The van der Waals surface area contributed by atoms with Crippen molar-refractivity contribution < 1.29 is 23.5 Å². The predicted octanol–water partition coefficient (Wildman–Crippen LogP) is 2.83. The summed E-state index contributed by atoms with van der Waals surface area (Å²) in [5, 5.41) is 2.92. The van der Waals surface area contributed by atoms with Crippen molar-refractivity contribution in [3.05, 3.63) is 30.1 Å². The molecule has 0 saturated heterocycles. The van der Waals surface area contributed by atoms with E-state index in [0.29, 0.717) is 11.7 Å². The second-order valence-corrected chi connectivity index (χ2v) is 6.26. The fraction of sp³-hybridized carbons (Fsp3) is 0.556. The Bertz CT molecular complexity index is 561. The third-order valence-electron chi connectivity index (χ3n) is 4.26. The molecule has 24 heavy (non-hydrogen) atoms. The lowest BCUT2D eigenvalue weighted by Gasteiger charge is -2.29. The van der Waals surface area contributed by atoms with Crippen molar-refractivity contribution in [1.29, 1.82) is 0 Å². The van der Waals surface area contributed by atoms with Gasteiger partial charge in [-0.15, -0.1) is 0 Å². The van der Waals surface area contributed by atoms with Crippen LogP contribution < -0.4 is 10.1 Å². The van der Waals surface area contributed by atoms with Crippen LogP contribution in [-0.2, 0) is 14.3 Å². The van der Waals surface area contributed by atoms with Crippen LogP contribution in [0, 0.1) is 11.7 Å². The summed E-state index contributed by atoms with van der Waals surface area (Å²) in [5.41, 5.74) is 0. The number of carbonyl (C=O) groups is 2. The van der Waals surface area contributed by atoms with Gasteiger partial charge in [-0.3, -0.25) is 4.79 Å². The van der Waals surface area contributed by atoms with Crippen molar-refractivity contribution in [2.75, 3.05) is 6.61 Å². The van der Waals surface area contributed by atoms with Crippen molar-refractivity contribution in [3.63, 3.8) is 0 Å². The molecule has 1 aliphatic carbocycles. The quantitative estimate of drug-likeness (QED) is 0.811. The number of halogens is 1. The molecule has 0 bridgehead atoms. The van der Waals surface area contributed by atoms with E-state index in [0.717, 1.165) is 19.3 Å². The lowest BCUT2D eigenvalue weighted by atomic mass is 9.86. The highest BCUT2D eigenvalue weighted by atomic mass is 19.1. The second kappa shape index (κ2) is 8.66. The molecule has 5 nitrogen and oxygen atoms in total. The number of benzene rings is 1. The maximum absolute atomic E-state index is 12.8. The van der Waals surface area contributed by atoms with Gasteiger partial charge in [0.05, 0.1) is 0 Å². The molecule has 3 atom stereocenters. The van der Waals surface area contributed by atoms with Crippen LogP contribution in [-0.4, -0.2) is 30.6 Å². The fourth-order valence-electron chi connectivity index (χ4n) is 2.80. The summed E-state index contributed by atoms with van der Waals surface area (Å²) in [7, 11) is 0. The summed E-state index contributed by atoms with van der Waals surface area (Å²) in [6, 6.07) is 5.49. The van der Waals surface area contributed by atoms with E-state index in [1.807, 2.05) is 0 Å². The van der Waals surface area contributed by atoms with E-state index in [4.69, 9.17) is 9.47 Å². The Morgan fingerprint density at radius 1 is 1.25 bits per heavy atom. The largest absolute Gasteiger partial charge is 0.479 e. The average Bonchev–Trinajstić information content (AvgIpc) is 2.57. The van der Waals surface area contributed by atoms with E-state index in [-0.39, 0.29) is 24.4 Å². The molecular weight excluding hydrogens is 313 g/mol. The first-order valence-corrected chi connectivity index (χ1v) is 8.34. The first kappa shape index (κ1) is 18.2. The number of esters is 1. The monoisotopic (exact) mass is 337 g/mol. The molecule has 2 rings (SSSR count). The summed E-state index contributed by atoms with van der Waals surface area (Å²) in [5.74, 6) is -0.506. The summed E-state index contributed by atoms with van der Waals surface area (Å²) >= 11 is 0. The molecule has 132 valence electrons. The molecule has 1 aromatic carbocycles. The topological polar surface area (TPSA) is 64.6 Å². The molecule has 1 aliphatic rings. The van der Waals surface area contributed by atoms with Crippen LogP contribution in [0.1, 0.15) is 39.5 Å². The van der Waals surface area contributed by atoms with Gasteiger partial charge in [-0.2, -0.15) is 0 Å². The average molecular weight is 337 g/mol. The van der Waals surface area contributed by atoms with Crippen LogP contribution in [0.25, 0.3) is 0 Å². The Morgan fingerprint density at radius 3 is 2.58 bits per heavy atom. The maximum atomic E-state index is 12.8. The molecule has 0 radical (unpaired) electrons. The van der Waals surface area contributed by atoms with E-state index in [1.54, 1.807) is 0 Å². The Kier molecular flexibility index (Phi) is 6.58. The normalized spacial score (nSPS) is 21.6. The fourth-order valence-corrected chi connectivity index (χ4v) is 2.80. The Morgan fingerprint density at radius 2 is 1.92 bits per heavy atom. The predicted molar refractivity (Wildman–Crippen MR) is 87.0 cm³/mol. The lowest BCUT2D eigenvalue weighted by molar-refractivity contribution is -0.155. The smallest absolute Gasteiger partial charge is 0.347 e. The summed E-state index contributed by atoms with van der Waals surface area (Å²) in [4.78, 5) is 23.8.